The number of amides is 2. The van der Waals surface area contributed by atoms with Gasteiger partial charge in [0.15, 0.2) is 0 Å². The first-order valence-electron chi connectivity index (χ1n) is 8.00. The lowest BCUT2D eigenvalue weighted by atomic mass is 10.1. The van der Waals surface area contributed by atoms with Crippen LogP contribution in [0.2, 0.25) is 0 Å². The number of aryl methyl sites for hydroxylation is 1. The van der Waals surface area contributed by atoms with Gasteiger partial charge in [-0.15, -0.1) is 0 Å². The van der Waals surface area contributed by atoms with Gasteiger partial charge >= 0.3 is 0 Å². The van der Waals surface area contributed by atoms with E-state index in [1.807, 2.05) is 37.3 Å². The lowest BCUT2D eigenvalue weighted by Crippen LogP contribution is -2.28. The Kier molecular flexibility index (Phi) is 5.08. The van der Waals surface area contributed by atoms with E-state index in [0.717, 1.165) is 15.7 Å². The zero-order valence-corrected chi connectivity index (χ0v) is 15.7. The van der Waals surface area contributed by atoms with Crippen LogP contribution in [-0.4, -0.2) is 25.5 Å². The number of hydrogen-bond acceptors (Lipinski definition) is 3. The predicted molar refractivity (Wildman–Crippen MR) is 101 cm³/mol. The Morgan fingerprint density at radius 1 is 1.28 bits per heavy atom. The molecule has 5 nitrogen and oxygen atoms in total. The van der Waals surface area contributed by atoms with Crippen LogP contribution in [0.4, 0.5) is 11.4 Å². The van der Waals surface area contributed by atoms with E-state index in [9.17, 15) is 9.59 Å². The molecule has 0 saturated carbocycles. The highest BCUT2D eigenvalue weighted by Crippen LogP contribution is 2.31. The number of benzene rings is 2. The minimum atomic E-state index is -0.388. The quantitative estimate of drug-likeness (QED) is 0.846. The van der Waals surface area contributed by atoms with Crippen molar-refractivity contribution in [3.63, 3.8) is 0 Å². The van der Waals surface area contributed by atoms with Gasteiger partial charge in [-0.3, -0.25) is 9.59 Å². The van der Waals surface area contributed by atoms with Gasteiger partial charge in [-0.25, -0.2) is 0 Å². The number of hydrogen-bond donors (Lipinski definition) is 1. The molecule has 0 aromatic heterocycles. The Bertz CT molecular complexity index is 822. The molecule has 2 amide bonds. The number of nitrogens with zero attached hydrogens (tertiary/aromatic N) is 1. The van der Waals surface area contributed by atoms with Gasteiger partial charge in [-0.1, -0.05) is 28.1 Å². The zero-order valence-electron chi connectivity index (χ0n) is 14.1. The summed E-state index contributed by atoms with van der Waals surface area (Å²) in [6.45, 7) is 2.33. The van der Waals surface area contributed by atoms with Gasteiger partial charge < -0.3 is 15.0 Å². The number of nitrogens with one attached hydrogen (secondary N) is 1. The maximum atomic E-state index is 12.6. The van der Waals surface area contributed by atoms with Crippen LogP contribution in [0.3, 0.4) is 0 Å². The van der Waals surface area contributed by atoms with Gasteiger partial charge in [-0.05, 0) is 42.8 Å². The van der Waals surface area contributed by atoms with E-state index in [4.69, 9.17) is 4.74 Å². The molecule has 1 aliphatic heterocycles. The van der Waals surface area contributed by atoms with Crippen LogP contribution >= 0.6 is 15.9 Å². The van der Waals surface area contributed by atoms with Crippen LogP contribution in [0.5, 0.6) is 5.75 Å². The van der Waals surface area contributed by atoms with Crippen LogP contribution < -0.4 is 15.0 Å². The van der Waals surface area contributed by atoms with E-state index in [0.29, 0.717) is 18.0 Å². The summed E-state index contributed by atoms with van der Waals surface area (Å²) in [6.07, 6.45) is 0.205. The third-order valence-electron chi connectivity index (χ3n) is 4.31. The second-order valence-corrected chi connectivity index (χ2v) is 6.94. The van der Waals surface area contributed by atoms with Crippen molar-refractivity contribution in [1.29, 1.82) is 0 Å². The van der Waals surface area contributed by atoms with E-state index in [1.54, 1.807) is 24.1 Å². The minimum absolute atomic E-state index is 0.0365. The summed E-state index contributed by atoms with van der Waals surface area (Å²) in [4.78, 5) is 26.7. The molecule has 1 N–H and O–H groups in total. The van der Waals surface area contributed by atoms with E-state index in [-0.39, 0.29) is 24.2 Å². The summed E-state index contributed by atoms with van der Waals surface area (Å²) in [7, 11) is 1.56. The first kappa shape index (κ1) is 17.5. The predicted octanol–water partition coefficient (Wildman–Crippen LogP) is 3.76. The van der Waals surface area contributed by atoms with Gasteiger partial charge in [0.05, 0.1) is 18.7 Å². The lowest BCUT2D eigenvalue weighted by Gasteiger charge is -2.19. The Hall–Kier alpha value is -2.34. The van der Waals surface area contributed by atoms with Gasteiger partial charge in [0.2, 0.25) is 11.8 Å². The lowest BCUT2D eigenvalue weighted by molar-refractivity contribution is -0.122. The molecule has 0 unspecified atom stereocenters. The molecule has 0 bridgehead atoms. The van der Waals surface area contributed by atoms with Gasteiger partial charge in [0, 0.05) is 23.1 Å². The highest BCUT2D eigenvalue weighted by atomic mass is 79.9. The molecule has 2 aromatic rings. The highest BCUT2D eigenvalue weighted by molar-refractivity contribution is 9.10. The molecular formula is C19H19BrN2O3. The topological polar surface area (TPSA) is 58.6 Å². The largest absolute Gasteiger partial charge is 0.495 e. The monoisotopic (exact) mass is 402 g/mol. The van der Waals surface area contributed by atoms with Crippen molar-refractivity contribution in [2.75, 3.05) is 23.9 Å². The molecule has 1 fully saturated rings. The Morgan fingerprint density at radius 2 is 2.04 bits per heavy atom. The molecule has 130 valence electrons. The second kappa shape index (κ2) is 7.27. The summed E-state index contributed by atoms with van der Waals surface area (Å²) in [5, 5.41) is 2.87. The third kappa shape index (κ3) is 3.69. The maximum absolute atomic E-state index is 12.6. The summed E-state index contributed by atoms with van der Waals surface area (Å²) >= 11 is 3.43. The standard InChI is InChI=1S/C19H19BrN2O3/c1-12-9-14(20)7-8-16(12)22-11-13(10-18(22)23)19(24)21-15-5-3-4-6-17(15)25-2/h3-9,13H,10-11H2,1-2H3,(H,21,24)/t13-/m0/s1. The van der Waals surface area contributed by atoms with Crippen molar-refractivity contribution in [2.24, 2.45) is 5.92 Å². The molecule has 1 aliphatic rings. The molecule has 1 saturated heterocycles. The van der Waals surface area contributed by atoms with Crippen LogP contribution in [-0.2, 0) is 9.59 Å². The van der Waals surface area contributed by atoms with E-state index in [2.05, 4.69) is 21.2 Å². The van der Waals surface area contributed by atoms with E-state index >= 15 is 0 Å². The van der Waals surface area contributed by atoms with Crippen LogP contribution in [0, 0.1) is 12.8 Å². The van der Waals surface area contributed by atoms with Crippen molar-refractivity contribution in [1.82, 2.24) is 0 Å². The van der Waals surface area contributed by atoms with Crippen molar-refractivity contribution in [3.05, 3.63) is 52.5 Å². The molecule has 0 aliphatic carbocycles. The van der Waals surface area contributed by atoms with Crippen molar-refractivity contribution >= 4 is 39.1 Å². The van der Waals surface area contributed by atoms with Crippen LogP contribution in [0.15, 0.2) is 46.9 Å². The first-order valence-corrected chi connectivity index (χ1v) is 8.79. The minimum Gasteiger partial charge on any atom is -0.495 e. The fourth-order valence-electron chi connectivity index (χ4n) is 3.02. The first-order chi connectivity index (χ1) is 12.0. The Labute approximate surface area is 155 Å². The Morgan fingerprint density at radius 3 is 2.76 bits per heavy atom. The van der Waals surface area contributed by atoms with Crippen molar-refractivity contribution in [3.8, 4) is 5.75 Å². The molecule has 0 radical (unpaired) electrons. The fourth-order valence-corrected chi connectivity index (χ4v) is 3.50. The van der Waals surface area contributed by atoms with Gasteiger partial charge in [-0.2, -0.15) is 0 Å². The third-order valence-corrected chi connectivity index (χ3v) is 4.80. The van der Waals surface area contributed by atoms with Crippen molar-refractivity contribution < 1.29 is 14.3 Å². The molecule has 1 atom stereocenters. The number of rotatable bonds is 4. The van der Waals surface area contributed by atoms with Crippen LogP contribution in [0.1, 0.15) is 12.0 Å². The molecule has 3 rings (SSSR count). The van der Waals surface area contributed by atoms with Crippen molar-refractivity contribution in [2.45, 2.75) is 13.3 Å². The van der Waals surface area contributed by atoms with Crippen LogP contribution in [0.25, 0.3) is 0 Å². The fraction of sp³-hybridized carbons (Fsp3) is 0.263. The molecule has 0 spiro atoms. The number of methoxy groups -OCH3 is 1. The number of halogens is 1. The summed E-state index contributed by atoms with van der Waals surface area (Å²) in [6, 6.07) is 13.0. The number of para-hydroxylation sites is 2. The number of ether oxygens (including phenoxy) is 1. The second-order valence-electron chi connectivity index (χ2n) is 6.03. The molecular weight excluding hydrogens is 384 g/mol. The normalized spacial score (nSPS) is 16.8. The molecule has 1 heterocycles. The van der Waals surface area contributed by atoms with E-state index in [1.165, 1.54) is 0 Å². The molecule has 6 heteroatoms. The van der Waals surface area contributed by atoms with E-state index < -0.39 is 0 Å². The zero-order chi connectivity index (χ0) is 18.0. The highest BCUT2D eigenvalue weighted by Gasteiger charge is 2.35. The summed E-state index contributed by atoms with van der Waals surface area (Å²) in [5.74, 6) is 0.00181. The maximum Gasteiger partial charge on any atom is 0.229 e. The average molecular weight is 403 g/mol. The number of carbonyl (C=O) groups is 2. The average Bonchev–Trinajstić information content (AvgIpc) is 2.97. The molecule has 2 aromatic carbocycles. The van der Waals surface area contributed by atoms with Gasteiger partial charge in [0.1, 0.15) is 5.75 Å². The Balaban J connectivity index is 1.74. The SMILES string of the molecule is COc1ccccc1NC(=O)[C@H]1CC(=O)N(c2ccc(Br)cc2C)C1. The number of carbonyl (C=O) groups excluding carboxylic acids is 2. The summed E-state index contributed by atoms with van der Waals surface area (Å²) < 4.78 is 6.21. The summed E-state index contributed by atoms with van der Waals surface area (Å²) in [5.41, 5.74) is 2.45. The smallest absolute Gasteiger partial charge is 0.229 e. The number of anilines is 2. The molecule has 25 heavy (non-hydrogen) atoms. The van der Waals surface area contributed by atoms with Gasteiger partial charge in [0.25, 0.3) is 0 Å².